The number of pyridine rings is 3. The summed E-state index contributed by atoms with van der Waals surface area (Å²) in [6, 6.07) is 13.7. The first kappa shape index (κ1) is 24.5. The van der Waals surface area contributed by atoms with Gasteiger partial charge in [0.1, 0.15) is 23.2 Å². The lowest BCUT2D eigenvalue weighted by Gasteiger charge is -2.24. The fraction of sp³-hybridized carbons (Fsp3) is 0.207. The van der Waals surface area contributed by atoms with Gasteiger partial charge in [0.2, 0.25) is 0 Å². The molecule has 0 aliphatic carbocycles. The van der Waals surface area contributed by atoms with Crippen molar-refractivity contribution in [3.8, 4) is 34.2 Å². The fourth-order valence-electron chi connectivity index (χ4n) is 5.26. The van der Waals surface area contributed by atoms with E-state index in [1.165, 1.54) is 19.4 Å². The van der Waals surface area contributed by atoms with E-state index >= 15 is 0 Å². The van der Waals surface area contributed by atoms with Crippen LogP contribution < -0.4 is 20.3 Å². The van der Waals surface area contributed by atoms with Crippen molar-refractivity contribution in [1.82, 2.24) is 15.0 Å². The van der Waals surface area contributed by atoms with Crippen LogP contribution in [0.4, 0.5) is 16.0 Å². The van der Waals surface area contributed by atoms with Crippen LogP contribution in [0, 0.1) is 17.1 Å². The van der Waals surface area contributed by atoms with Crippen LogP contribution in [0.3, 0.4) is 0 Å². The van der Waals surface area contributed by atoms with Gasteiger partial charge < -0.3 is 15.4 Å². The molecule has 1 amide bonds. The van der Waals surface area contributed by atoms with E-state index in [0.29, 0.717) is 58.4 Å². The summed E-state index contributed by atoms with van der Waals surface area (Å²) in [7, 11) is 1.47. The summed E-state index contributed by atoms with van der Waals surface area (Å²) in [6.07, 6.45) is 5.52. The molecule has 0 saturated carbocycles. The molecular formula is C29H24FN7O2. The van der Waals surface area contributed by atoms with E-state index in [1.807, 2.05) is 6.07 Å². The van der Waals surface area contributed by atoms with Gasteiger partial charge in [0.25, 0.3) is 5.91 Å². The molecule has 4 aromatic rings. The first-order valence-corrected chi connectivity index (χ1v) is 12.5. The topological polar surface area (TPSA) is 121 Å². The number of amides is 1. The highest BCUT2D eigenvalue weighted by atomic mass is 19.1. The number of rotatable bonds is 5. The van der Waals surface area contributed by atoms with Crippen LogP contribution in [0.5, 0.6) is 5.75 Å². The number of methoxy groups -OCH3 is 1. The zero-order valence-corrected chi connectivity index (χ0v) is 21.1. The largest absolute Gasteiger partial charge is 0.496 e. The number of nitrogens with zero attached hydrogens (tertiary/aromatic N) is 6. The van der Waals surface area contributed by atoms with E-state index in [2.05, 4.69) is 20.9 Å². The third-order valence-electron chi connectivity index (χ3n) is 7.17. The Hall–Kier alpha value is -4.88. The summed E-state index contributed by atoms with van der Waals surface area (Å²) >= 11 is 0. The summed E-state index contributed by atoms with van der Waals surface area (Å²) in [5.74, 6) is 0.655. The first-order valence-electron chi connectivity index (χ1n) is 12.5. The number of anilines is 2. The third-order valence-corrected chi connectivity index (χ3v) is 7.17. The monoisotopic (exact) mass is 521 g/mol. The van der Waals surface area contributed by atoms with E-state index in [9.17, 15) is 14.4 Å². The molecule has 0 radical (unpaired) electrons. The van der Waals surface area contributed by atoms with Crippen molar-refractivity contribution in [1.29, 1.82) is 5.26 Å². The number of carbonyl (C=O) groups excluding carboxylic acids is 1. The van der Waals surface area contributed by atoms with Gasteiger partial charge in [-0.3, -0.25) is 19.7 Å². The summed E-state index contributed by atoms with van der Waals surface area (Å²) < 4.78 is 20.4. The van der Waals surface area contributed by atoms with E-state index < -0.39 is 5.82 Å². The smallest absolute Gasteiger partial charge is 0.260 e. The Balaban J connectivity index is 1.44. The van der Waals surface area contributed by atoms with Crippen LogP contribution in [-0.2, 0) is 6.54 Å². The summed E-state index contributed by atoms with van der Waals surface area (Å²) in [6.45, 7) is 1.46. The van der Waals surface area contributed by atoms with Crippen LogP contribution >= 0.6 is 0 Å². The van der Waals surface area contributed by atoms with Crippen molar-refractivity contribution in [2.45, 2.75) is 19.0 Å². The first-order chi connectivity index (χ1) is 19.0. The number of aromatic nitrogens is 3. The number of hydrogen-bond acceptors (Lipinski definition) is 8. The number of nitrogens with two attached hydrogens (primary N) is 1. The molecule has 2 aliphatic rings. The fourth-order valence-corrected chi connectivity index (χ4v) is 5.26. The predicted octanol–water partition coefficient (Wildman–Crippen LogP) is 3.92. The molecule has 3 aromatic heterocycles. The molecule has 1 aromatic carbocycles. The van der Waals surface area contributed by atoms with Gasteiger partial charge in [-0.1, -0.05) is 6.07 Å². The minimum atomic E-state index is -0.485. The quantitative estimate of drug-likeness (QED) is 0.419. The number of ether oxygens (including phenoxy) is 1. The highest BCUT2D eigenvalue weighted by molar-refractivity contribution is 6.11. The average Bonchev–Trinajstić information content (AvgIpc) is 3.55. The van der Waals surface area contributed by atoms with E-state index in [4.69, 9.17) is 15.5 Å². The third kappa shape index (κ3) is 4.13. The van der Waals surface area contributed by atoms with Crippen molar-refractivity contribution in [2.75, 3.05) is 30.0 Å². The number of fused-ring (bicyclic) bond motifs is 1. The minimum Gasteiger partial charge on any atom is -0.496 e. The Kier molecular flexibility index (Phi) is 6.13. The standard InChI is InChI=1S/C29H24FN7O2/c1-39-24-4-2-3-23(30)26(24)27-22-16-37(29(38)20(22)8-11-34-27)25-6-5-19(21-14-33-10-7-17(21)13-31)28(35-25)36-12-9-18(32)15-36/h2-8,10-11,14,18H,9,12,15-16,32H2,1H3. The lowest BCUT2D eigenvalue weighted by Crippen LogP contribution is -2.29. The second kappa shape index (κ2) is 9.78. The zero-order valence-electron chi connectivity index (χ0n) is 21.1. The molecule has 9 nitrogen and oxygen atoms in total. The average molecular weight is 522 g/mol. The predicted molar refractivity (Wildman–Crippen MR) is 144 cm³/mol. The molecule has 5 heterocycles. The van der Waals surface area contributed by atoms with Crippen molar-refractivity contribution in [2.24, 2.45) is 5.73 Å². The molecule has 0 spiro atoms. The second-order valence-electron chi connectivity index (χ2n) is 9.46. The van der Waals surface area contributed by atoms with Gasteiger partial charge in [0, 0.05) is 60.0 Å². The van der Waals surface area contributed by atoms with Crippen molar-refractivity contribution < 1.29 is 13.9 Å². The SMILES string of the molecule is COc1cccc(F)c1-c1nccc2c1CN(c1ccc(-c3cnccc3C#N)c(N3CCC(N)C3)n1)C2=O. The van der Waals surface area contributed by atoms with Gasteiger partial charge in [0.15, 0.2) is 0 Å². The Labute approximate surface area is 224 Å². The van der Waals surface area contributed by atoms with Gasteiger partial charge in [-0.2, -0.15) is 5.26 Å². The molecule has 1 saturated heterocycles. The van der Waals surface area contributed by atoms with Crippen molar-refractivity contribution in [3.05, 3.63) is 83.6 Å². The van der Waals surface area contributed by atoms with Crippen molar-refractivity contribution in [3.63, 3.8) is 0 Å². The Bertz CT molecular complexity index is 1650. The van der Waals surface area contributed by atoms with Crippen LogP contribution in [0.25, 0.3) is 22.4 Å². The van der Waals surface area contributed by atoms with Crippen LogP contribution in [-0.4, -0.2) is 47.1 Å². The summed E-state index contributed by atoms with van der Waals surface area (Å²) in [5, 5.41) is 9.69. The van der Waals surface area contributed by atoms with Crippen LogP contribution in [0.2, 0.25) is 0 Å². The second-order valence-corrected chi connectivity index (χ2v) is 9.46. The number of carbonyl (C=O) groups is 1. The van der Waals surface area contributed by atoms with Crippen LogP contribution in [0.15, 0.2) is 61.1 Å². The number of nitriles is 1. The number of benzene rings is 1. The molecule has 0 bridgehead atoms. The van der Waals surface area contributed by atoms with E-state index in [0.717, 1.165) is 12.0 Å². The molecule has 10 heteroatoms. The van der Waals surface area contributed by atoms with Gasteiger partial charge >= 0.3 is 0 Å². The van der Waals surface area contributed by atoms with E-state index in [-0.39, 0.29) is 24.1 Å². The molecule has 194 valence electrons. The summed E-state index contributed by atoms with van der Waals surface area (Å²) in [5.41, 5.74) is 9.67. The zero-order chi connectivity index (χ0) is 27.1. The van der Waals surface area contributed by atoms with Crippen molar-refractivity contribution >= 4 is 17.5 Å². The molecule has 6 rings (SSSR count). The normalized spacial score (nSPS) is 16.4. The maximum absolute atomic E-state index is 15.0. The maximum Gasteiger partial charge on any atom is 0.260 e. The highest BCUT2D eigenvalue weighted by Crippen LogP contribution is 2.40. The molecule has 2 N–H and O–H groups in total. The molecule has 1 atom stereocenters. The van der Waals surface area contributed by atoms with Crippen LogP contribution in [0.1, 0.15) is 27.9 Å². The Morgan fingerprint density at radius 1 is 1.13 bits per heavy atom. The summed E-state index contributed by atoms with van der Waals surface area (Å²) in [4.78, 5) is 30.8. The van der Waals surface area contributed by atoms with Gasteiger partial charge in [-0.15, -0.1) is 0 Å². The Morgan fingerprint density at radius 2 is 2.00 bits per heavy atom. The molecule has 2 aliphatic heterocycles. The molecule has 1 fully saturated rings. The van der Waals surface area contributed by atoms with Gasteiger partial charge in [0.05, 0.1) is 36.5 Å². The minimum absolute atomic E-state index is 0.00491. The molecular weight excluding hydrogens is 497 g/mol. The van der Waals surface area contributed by atoms with Gasteiger partial charge in [-0.25, -0.2) is 9.37 Å². The lowest BCUT2D eigenvalue weighted by atomic mass is 10.0. The lowest BCUT2D eigenvalue weighted by molar-refractivity contribution is 0.0996. The number of halogens is 1. The maximum atomic E-state index is 15.0. The Morgan fingerprint density at radius 3 is 2.77 bits per heavy atom. The molecule has 1 unspecified atom stereocenters. The van der Waals surface area contributed by atoms with Gasteiger partial charge in [-0.05, 0) is 42.8 Å². The molecule has 39 heavy (non-hydrogen) atoms. The highest BCUT2D eigenvalue weighted by Gasteiger charge is 2.34. The van der Waals surface area contributed by atoms with E-state index in [1.54, 1.807) is 47.6 Å². The number of hydrogen-bond donors (Lipinski definition) is 1.